The molecule has 0 atom stereocenters. The third-order valence-corrected chi connectivity index (χ3v) is 1.62. The van der Waals surface area contributed by atoms with Crippen molar-refractivity contribution in [1.82, 2.24) is 5.32 Å². The Morgan fingerprint density at radius 2 is 2.60 bits per heavy atom. The van der Waals surface area contributed by atoms with Crippen molar-refractivity contribution < 1.29 is 0 Å². The summed E-state index contributed by atoms with van der Waals surface area (Å²) in [6, 6.07) is 0. The molecule has 56 valence electrons. The fourth-order valence-corrected chi connectivity index (χ4v) is 1.06. The van der Waals surface area contributed by atoms with E-state index in [2.05, 4.69) is 30.5 Å². The molecular formula is C9H15N. The Balaban J connectivity index is 2.38. The first-order valence-corrected chi connectivity index (χ1v) is 3.99. The zero-order valence-corrected chi connectivity index (χ0v) is 6.56. The van der Waals surface area contributed by atoms with Gasteiger partial charge in [0.05, 0.1) is 0 Å². The summed E-state index contributed by atoms with van der Waals surface area (Å²) in [5.74, 6) is 0. The zero-order valence-electron chi connectivity index (χ0n) is 6.56. The lowest BCUT2D eigenvalue weighted by atomic mass is 10.1. The molecule has 0 aromatic heterocycles. The van der Waals surface area contributed by atoms with Gasteiger partial charge in [0.15, 0.2) is 0 Å². The van der Waals surface area contributed by atoms with Crippen LogP contribution in [0.4, 0.5) is 0 Å². The quantitative estimate of drug-likeness (QED) is 0.612. The predicted octanol–water partition coefficient (Wildman–Crippen LogP) is 1.87. The van der Waals surface area contributed by atoms with Gasteiger partial charge in [-0.2, -0.15) is 0 Å². The first-order chi connectivity index (χ1) is 4.93. The first kappa shape index (κ1) is 7.55. The minimum atomic E-state index is 1.05. The summed E-state index contributed by atoms with van der Waals surface area (Å²) in [5.41, 5.74) is 1.44. The predicted molar refractivity (Wildman–Crippen MR) is 45.0 cm³/mol. The highest BCUT2D eigenvalue weighted by molar-refractivity contribution is 5.21. The van der Waals surface area contributed by atoms with E-state index < -0.39 is 0 Å². The van der Waals surface area contributed by atoms with Crippen molar-refractivity contribution >= 4 is 0 Å². The fraction of sp³-hybridized carbons (Fsp3) is 0.556. The van der Waals surface area contributed by atoms with Gasteiger partial charge < -0.3 is 5.32 Å². The SMILES string of the molecule is CC/C=C\C1=CCCNC1. The third kappa shape index (κ3) is 2.36. The molecule has 0 aliphatic carbocycles. The molecule has 1 heteroatoms. The van der Waals surface area contributed by atoms with Crippen LogP contribution in [-0.2, 0) is 0 Å². The lowest BCUT2D eigenvalue weighted by Crippen LogP contribution is -2.21. The van der Waals surface area contributed by atoms with E-state index in [1.54, 1.807) is 0 Å². The monoisotopic (exact) mass is 137 g/mol. The van der Waals surface area contributed by atoms with E-state index in [-0.39, 0.29) is 0 Å². The van der Waals surface area contributed by atoms with Crippen molar-refractivity contribution in [3.05, 3.63) is 23.8 Å². The summed E-state index contributed by atoms with van der Waals surface area (Å²) in [4.78, 5) is 0. The van der Waals surface area contributed by atoms with E-state index in [1.165, 1.54) is 12.0 Å². The van der Waals surface area contributed by atoms with E-state index in [0.717, 1.165) is 19.5 Å². The first-order valence-electron chi connectivity index (χ1n) is 3.99. The molecule has 0 radical (unpaired) electrons. The maximum atomic E-state index is 3.32. The van der Waals surface area contributed by atoms with Crippen molar-refractivity contribution in [1.29, 1.82) is 0 Å². The van der Waals surface area contributed by atoms with Gasteiger partial charge in [-0.25, -0.2) is 0 Å². The Morgan fingerprint density at radius 1 is 1.70 bits per heavy atom. The number of hydrogen-bond acceptors (Lipinski definition) is 1. The molecule has 0 aromatic carbocycles. The van der Waals surface area contributed by atoms with Gasteiger partial charge in [0, 0.05) is 6.54 Å². The van der Waals surface area contributed by atoms with Crippen LogP contribution in [0.25, 0.3) is 0 Å². The van der Waals surface area contributed by atoms with Gasteiger partial charge in [0.1, 0.15) is 0 Å². The molecule has 1 aliphatic rings. The molecule has 0 spiro atoms. The molecule has 1 nitrogen and oxygen atoms in total. The van der Waals surface area contributed by atoms with Crippen LogP contribution in [0.5, 0.6) is 0 Å². The topological polar surface area (TPSA) is 12.0 Å². The van der Waals surface area contributed by atoms with E-state index in [9.17, 15) is 0 Å². The van der Waals surface area contributed by atoms with Crippen LogP contribution in [-0.4, -0.2) is 13.1 Å². The molecule has 0 fully saturated rings. The van der Waals surface area contributed by atoms with Crippen LogP contribution in [0, 0.1) is 0 Å². The van der Waals surface area contributed by atoms with Crippen LogP contribution in [0.2, 0.25) is 0 Å². The van der Waals surface area contributed by atoms with E-state index in [4.69, 9.17) is 0 Å². The van der Waals surface area contributed by atoms with Crippen molar-refractivity contribution in [3.63, 3.8) is 0 Å². The normalized spacial score (nSPS) is 19.5. The summed E-state index contributed by atoms with van der Waals surface area (Å²) < 4.78 is 0. The average Bonchev–Trinajstić information content (AvgIpc) is 2.03. The fourth-order valence-electron chi connectivity index (χ4n) is 1.06. The van der Waals surface area contributed by atoms with Gasteiger partial charge in [-0.3, -0.25) is 0 Å². The molecule has 0 saturated heterocycles. The van der Waals surface area contributed by atoms with Crippen LogP contribution < -0.4 is 5.32 Å². The Morgan fingerprint density at radius 3 is 3.20 bits per heavy atom. The summed E-state index contributed by atoms with van der Waals surface area (Å²) in [7, 11) is 0. The van der Waals surface area contributed by atoms with Crippen LogP contribution >= 0.6 is 0 Å². The highest BCUT2D eigenvalue weighted by Crippen LogP contribution is 2.02. The molecular weight excluding hydrogens is 122 g/mol. The molecule has 1 N–H and O–H groups in total. The number of nitrogens with one attached hydrogen (secondary N) is 1. The van der Waals surface area contributed by atoms with Crippen LogP contribution in [0.1, 0.15) is 19.8 Å². The van der Waals surface area contributed by atoms with E-state index in [0.29, 0.717) is 0 Å². The number of hydrogen-bond donors (Lipinski definition) is 1. The van der Waals surface area contributed by atoms with Crippen molar-refractivity contribution in [2.75, 3.05) is 13.1 Å². The largest absolute Gasteiger partial charge is 0.312 e. The van der Waals surface area contributed by atoms with Gasteiger partial charge in [-0.1, -0.05) is 25.2 Å². The van der Waals surface area contributed by atoms with Crippen molar-refractivity contribution in [2.45, 2.75) is 19.8 Å². The van der Waals surface area contributed by atoms with Gasteiger partial charge in [-0.05, 0) is 25.0 Å². The van der Waals surface area contributed by atoms with Crippen LogP contribution in [0.15, 0.2) is 23.8 Å². The average molecular weight is 137 g/mol. The molecule has 1 heterocycles. The summed E-state index contributed by atoms with van der Waals surface area (Å²) in [6.07, 6.45) is 9.05. The molecule has 0 amide bonds. The number of rotatable bonds is 2. The minimum Gasteiger partial charge on any atom is -0.312 e. The summed E-state index contributed by atoms with van der Waals surface area (Å²) in [6.45, 7) is 4.35. The maximum Gasteiger partial charge on any atom is 0.0202 e. The lowest BCUT2D eigenvalue weighted by Gasteiger charge is -2.09. The second-order valence-corrected chi connectivity index (χ2v) is 2.56. The smallest absolute Gasteiger partial charge is 0.0202 e. The molecule has 0 aromatic rings. The van der Waals surface area contributed by atoms with Crippen LogP contribution in [0.3, 0.4) is 0 Å². The summed E-state index contributed by atoms with van der Waals surface area (Å²) in [5, 5.41) is 3.32. The minimum absolute atomic E-state index is 1.05. The Labute approximate surface area is 62.8 Å². The van der Waals surface area contributed by atoms with E-state index in [1.807, 2.05) is 0 Å². The van der Waals surface area contributed by atoms with Gasteiger partial charge in [0.2, 0.25) is 0 Å². The Hall–Kier alpha value is -0.560. The molecule has 0 bridgehead atoms. The molecule has 1 rings (SSSR count). The van der Waals surface area contributed by atoms with Crippen molar-refractivity contribution in [3.8, 4) is 0 Å². The second kappa shape index (κ2) is 4.29. The highest BCUT2D eigenvalue weighted by atomic mass is 14.9. The zero-order chi connectivity index (χ0) is 7.23. The molecule has 0 saturated carbocycles. The van der Waals surface area contributed by atoms with Gasteiger partial charge in [-0.15, -0.1) is 0 Å². The number of allylic oxidation sites excluding steroid dienone is 1. The Kier molecular flexibility index (Phi) is 3.23. The standard InChI is InChI=1S/C9H15N/c1-2-3-5-9-6-4-7-10-8-9/h3,5-6,10H,2,4,7-8H2,1H3/b5-3-. The molecule has 10 heavy (non-hydrogen) atoms. The Bertz CT molecular complexity index is 145. The van der Waals surface area contributed by atoms with Gasteiger partial charge in [0.25, 0.3) is 0 Å². The lowest BCUT2D eigenvalue weighted by molar-refractivity contribution is 0.712. The molecule has 0 unspecified atom stereocenters. The van der Waals surface area contributed by atoms with E-state index >= 15 is 0 Å². The highest BCUT2D eigenvalue weighted by Gasteiger charge is 1.96. The van der Waals surface area contributed by atoms with Gasteiger partial charge >= 0.3 is 0 Å². The maximum absolute atomic E-state index is 3.32. The second-order valence-electron chi connectivity index (χ2n) is 2.56. The summed E-state index contributed by atoms with van der Waals surface area (Å²) >= 11 is 0. The third-order valence-electron chi connectivity index (χ3n) is 1.62. The molecule has 1 aliphatic heterocycles. The van der Waals surface area contributed by atoms with Crippen molar-refractivity contribution in [2.24, 2.45) is 0 Å².